The first kappa shape index (κ1) is 14.7. The molecule has 0 unspecified atom stereocenters. The van der Waals surface area contributed by atoms with Crippen LogP contribution in [-0.4, -0.2) is 43.5 Å². The fraction of sp³-hybridized carbons (Fsp3) is 0.533. The van der Waals surface area contributed by atoms with E-state index in [0.29, 0.717) is 12.1 Å². The van der Waals surface area contributed by atoms with Crippen LogP contribution in [0.15, 0.2) is 18.2 Å². The Kier molecular flexibility index (Phi) is 4.84. The van der Waals surface area contributed by atoms with Crippen molar-refractivity contribution in [1.29, 1.82) is 0 Å². The average Bonchev–Trinajstić information content (AvgIpc) is 2.47. The number of benzene rings is 1. The first-order chi connectivity index (χ1) is 9.63. The molecule has 5 heteroatoms. The number of nitrogens with zero attached hydrogens (tertiary/aromatic N) is 2. The highest BCUT2D eigenvalue weighted by Crippen LogP contribution is 2.29. The van der Waals surface area contributed by atoms with E-state index in [-0.39, 0.29) is 5.91 Å². The van der Waals surface area contributed by atoms with Crippen molar-refractivity contribution in [3.8, 4) is 0 Å². The molecule has 2 rings (SSSR count). The Labute approximate surface area is 120 Å². The van der Waals surface area contributed by atoms with Crippen LogP contribution >= 0.6 is 0 Å². The molecule has 5 nitrogen and oxygen atoms in total. The number of rotatable bonds is 4. The second-order valence-electron chi connectivity index (χ2n) is 5.10. The van der Waals surface area contributed by atoms with E-state index in [1.54, 1.807) is 0 Å². The fourth-order valence-electron chi connectivity index (χ4n) is 2.47. The van der Waals surface area contributed by atoms with Crippen molar-refractivity contribution in [2.75, 3.05) is 48.7 Å². The Morgan fingerprint density at radius 2 is 1.95 bits per heavy atom. The van der Waals surface area contributed by atoms with Gasteiger partial charge in [-0.15, -0.1) is 0 Å². The van der Waals surface area contributed by atoms with Crippen LogP contribution in [-0.2, 0) is 4.79 Å². The summed E-state index contributed by atoms with van der Waals surface area (Å²) in [6, 6.07) is 5.74. The number of nitrogens with two attached hydrogens (primary N) is 1. The Bertz CT molecular complexity index is 467. The van der Waals surface area contributed by atoms with Gasteiger partial charge in [0.15, 0.2) is 0 Å². The standard InChI is InChI=1S/C15H24N4O/c1-3-15(20)17-13-11-12(16)5-6-14(13)19-9-7-18(4-2)8-10-19/h5-6,11H,3-4,7-10,16H2,1-2H3,(H,17,20). The van der Waals surface area contributed by atoms with E-state index in [0.717, 1.165) is 44.1 Å². The van der Waals surface area contributed by atoms with E-state index in [9.17, 15) is 4.79 Å². The molecule has 1 aromatic rings. The lowest BCUT2D eigenvalue weighted by atomic mass is 10.2. The summed E-state index contributed by atoms with van der Waals surface area (Å²) in [5, 5.41) is 2.95. The highest BCUT2D eigenvalue weighted by Gasteiger charge is 2.18. The molecule has 0 saturated carbocycles. The minimum atomic E-state index is 0.0176. The molecule has 1 aliphatic rings. The molecule has 0 spiro atoms. The van der Waals surface area contributed by atoms with Crippen molar-refractivity contribution in [3.63, 3.8) is 0 Å². The largest absolute Gasteiger partial charge is 0.399 e. The van der Waals surface area contributed by atoms with Gasteiger partial charge < -0.3 is 20.9 Å². The van der Waals surface area contributed by atoms with Crippen molar-refractivity contribution in [2.24, 2.45) is 0 Å². The first-order valence-corrected chi connectivity index (χ1v) is 7.30. The number of hydrogen-bond donors (Lipinski definition) is 2. The molecule has 1 amide bonds. The minimum Gasteiger partial charge on any atom is -0.399 e. The number of carbonyl (C=O) groups is 1. The van der Waals surface area contributed by atoms with Gasteiger partial charge in [-0.3, -0.25) is 4.79 Å². The minimum absolute atomic E-state index is 0.0176. The lowest BCUT2D eigenvalue weighted by molar-refractivity contribution is -0.115. The van der Waals surface area contributed by atoms with Crippen LogP contribution in [0, 0.1) is 0 Å². The molecular weight excluding hydrogens is 252 g/mol. The fourth-order valence-corrected chi connectivity index (χ4v) is 2.47. The Balaban J connectivity index is 2.16. The van der Waals surface area contributed by atoms with Gasteiger partial charge in [-0.1, -0.05) is 13.8 Å². The van der Waals surface area contributed by atoms with Crippen LogP contribution in [0.2, 0.25) is 0 Å². The van der Waals surface area contributed by atoms with E-state index >= 15 is 0 Å². The summed E-state index contributed by atoms with van der Waals surface area (Å²) < 4.78 is 0. The lowest BCUT2D eigenvalue weighted by Gasteiger charge is -2.36. The van der Waals surface area contributed by atoms with Crippen LogP contribution < -0.4 is 16.0 Å². The molecule has 0 aliphatic carbocycles. The van der Waals surface area contributed by atoms with E-state index in [1.807, 2.05) is 25.1 Å². The molecule has 0 aromatic heterocycles. The molecule has 0 bridgehead atoms. The summed E-state index contributed by atoms with van der Waals surface area (Å²) in [6.45, 7) is 9.20. The van der Waals surface area contributed by atoms with Gasteiger partial charge in [0.25, 0.3) is 0 Å². The van der Waals surface area contributed by atoms with Gasteiger partial charge >= 0.3 is 0 Å². The predicted octanol–water partition coefficient (Wildman–Crippen LogP) is 1.76. The van der Waals surface area contributed by atoms with E-state index in [2.05, 4.69) is 22.0 Å². The zero-order valence-electron chi connectivity index (χ0n) is 12.4. The van der Waals surface area contributed by atoms with Crippen LogP contribution in [0.3, 0.4) is 0 Å². The smallest absolute Gasteiger partial charge is 0.224 e. The Morgan fingerprint density at radius 3 is 2.55 bits per heavy atom. The second kappa shape index (κ2) is 6.61. The average molecular weight is 276 g/mol. The highest BCUT2D eigenvalue weighted by molar-refractivity contribution is 5.95. The van der Waals surface area contributed by atoms with Gasteiger partial charge in [-0.25, -0.2) is 0 Å². The third kappa shape index (κ3) is 3.42. The SMILES string of the molecule is CCC(=O)Nc1cc(N)ccc1N1CCN(CC)CC1. The quantitative estimate of drug-likeness (QED) is 0.823. The first-order valence-electron chi connectivity index (χ1n) is 7.30. The molecule has 3 N–H and O–H groups in total. The van der Waals surface area contributed by atoms with Gasteiger partial charge in [-0.2, -0.15) is 0 Å². The maximum absolute atomic E-state index is 11.6. The third-order valence-electron chi connectivity index (χ3n) is 3.78. The monoisotopic (exact) mass is 276 g/mol. The van der Waals surface area contributed by atoms with Crippen molar-refractivity contribution < 1.29 is 4.79 Å². The summed E-state index contributed by atoms with van der Waals surface area (Å²) in [6.07, 6.45) is 0.470. The van der Waals surface area contributed by atoms with E-state index in [4.69, 9.17) is 5.73 Å². The molecule has 1 heterocycles. The number of nitrogen functional groups attached to an aromatic ring is 1. The molecule has 0 atom stereocenters. The summed E-state index contributed by atoms with van der Waals surface area (Å²) >= 11 is 0. The number of piperazine rings is 1. The van der Waals surface area contributed by atoms with Crippen LogP contribution in [0.25, 0.3) is 0 Å². The Hall–Kier alpha value is -1.75. The Morgan fingerprint density at radius 1 is 1.25 bits per heavy atom. The molecule has 110 valence electrons. The van der Waals surface area contributed by atoms with Crippen LogP contribution in [0.1, 0.15) is 20.3 Å². The molecule has 1 saturated heterocycles. The number of carbonyl (C=O) groups excluding carboxylic acids is 1. The maximum atomic E-state index is 11.6. The molecule has 20 heavy (non-hydrogen) atoms. The molecule has 1 fully saturated rings. The number of nitrogens with one attached hydrogen (secondary N) is 1. The van der Waals surface area contributed by atoms with Gasteiger partial charge in [0.1, 0.15) is 0 Å². The topological polar surface area (TPSA) is 61.6 Å². The van der Waals surface area contributed by atoms with Crippen LogP contribution in [0.4, 0.5) is 17.1 Å². The second-order valence-corrected chi connectivity index (χ2v) is 5.10. The zero-order valence-corrected chi connectivity index (χ0v) is 12.4. The third-order valence-corrected chi connectivity index (χ3v) is 3.78. The number of likely N-dealkylation sites (N-methyl/N-ethyl adjacent to an activating group) is 1. The number of amides is 1. The number of anilines is 3. The molecule has 1 aliphatic heterocycles. The van der Waals surface area contributed by atoms with Crippen molar-refractivity contribution in [1.82, 2.24) is 4.90 Å². The summed E-state index contributed by atoms with van der Waals surface area (Å²) in [5.74, 6) is 0.0176. The molecule has 0 radical (unpaired) electrons. The zero-order chi connectivity index (χ0) is 14.5. The van der Waals surface area contributed by atoms with Gasteiger partial charge in [0, 0.05) is 38.3 Å². The van der Waals surface area contributed by atoms with Crippen LogP contribution in [0.5, 0.6) is 0 Å². The lowest BCUT2D eigenvalue weighted by Crippen LogP contribution is -2.46. The normalized spacial score (nSPS) is 16.2. The van der Waals surface area contributed by atoms with Gasteiger partial charge in [0.2, 0.25) is 5.91 Å². The van der Waals surface area contributed by atoms with Crippen molar-refractivity contribution in [2.45, 2.75) is 20.3 Å². The van der Waals surface area contributed by atoms with Gasteiger partial charge in [0.05, 0.1) is 11.4 Å². The summed E-state index contributed by atoms with van der Waals surface area (Å²) in [4.78, 5) is 16.4. The van der Waals surface area contributed by atoms with Crippen molar-refractivity contribution in [3.05, 3.63) is 18.2 Å². The van der Waals surface area contributed by atoms with E-state index < -0.39 is 0 Å². The molecule has 1 aromatic carbocycles. The van der Waals surface area contributed by atoms with Gasteiger partial charge in [-0.05, 0) is 24.7 Å². The maximum Gasteiger partial charge on any atom is 0.224 e. The van der Waals surface area contributed by atoms with Crippen molar-refractivity contribution >= 4 is 23.0 Å². The summed E-state index contributed by atoms with van der Waals surface area (Å²) in [5.41, 5.74) is 8.40. The summed E-state index contributed by atoms with van der Waals surface area (Å²) in [7, 11) is 0. The highest BCUT2D eigenvalue weighted by atomic mass is 16.1. The van der Waals surface area contributed by atoms with E-state index in [1.165, 1.54) is 0 Å². The molecular formula is C15H24N4O. The predicted molar refractivity (Wildman–Crippen MR) is 84.1 cm³/mol. The number of hydrogen-bond acceptors (Lipinski definition) is 4.